The number of aromatic nitrogens is 3. The molecule has 0 radical (unpaired) electrons. The number of rotatable bonds is 3. The Morgan fingerprint density at radius 3 is 3.12 bits per heavy atom. The van der Waals surface area contributed by atoms with Crippen LogP contribution in [0.2, 0.25) is 0 Å². The van der Waals surface area contributed by atoms with Gasteiger partial charge in [-0.2, -0.15) is 0 Å². The molecule has 0 aromatic carbocycles. The van der Waals surface area contributed by atoms with E-state index in [1.165, 1.54) is 19.0 Å². The van der Waals surface area contributed by atoms with Crippen molar-refractivity contribution < 1.29 is 9.90 Å². The van der Waals surface area contributed by atoms with Gasteiger partial charge in [0.2, 0.25) is 0 Å². The molecule has 0 unspecified atom stereocenters. The molecule has 16 heavy (non-hydrogen) atoms. The number of likely N-dealkylation sites (tertiary alicyclic amines) is 1. The maximum absolute atomic E-state index is 10.6. The van der Waals surface area contributed by atoms with Crippen molar-refractivity contribution in [3.05, 3.63) is 11.9 Å². The Morgan fingerprint density at radius 2 is 2.50 bits per heavy atom. The topological polar surface area (TPSA) is 71.2 Å². The first-order chi connectivity index (χ1) is 7.65. The summed E-state index contributed by atoms with van der Waals surface area (Å²) in [7, 11) is 2.11. The predicted molar refractivity (Wildman–Crippen MR) is 57.2 cm³/mol. The largest absolute Gasteiger partial charge is 0.476 e. The third-order valence-corrected chi connectivity index (χ3v) is 2.93. The average molecular weight is 224 g/mol. The van der Waals surface area contributed by atoms with E-state index in [9.17, 15) is 4.79 Å². The molecule has 1 aliphatic rings. The number of hydrogen-bond donors (Lipinski definition) is 1. The van der Waals surface area contributed by atoms with Crippen LogP contribution in [-0.2, 0) is 6.54 Å². The monoisotopic (exact) mass is 224 g/mol. The van der Waals surface area contributed by atoms with Gasteiger partial charge in [-0.3, -0.25) is 4.68 Å². The number of carboxylic acids is 1. The summed E-state index contributed by atoms with van der Waals surface area (Å²) in [5, 5.41) is 16.1. The van der Waals surface area contributed by atoms with Crippen LogP contribution in [0.1, 0.15) is 23.3 Å². The van der Waals surface area contributed by atoms with Crippen molar-refractivity contribution in [1.29, 1.82) is 0 Å². The third kappa shape index (κ3) is 2.57. The Labute approximate surface area is 93.9 Å². The lowest BCUT2D eigenvalue weighted by molar-refractivity contribution is 0.0690. The second-order valence-electron chi connectivity index (χ2n) is 4.40. The van der Waals surface area contributed by atoms with Crippen LogP contribution in [0.5, 0.6) is 0 Å². The predicted octanol–water partition coefficient (Wildman–Crippen LogP) is 0.318. The van der Waals surface area contributed by atoms with E-state index >= 15 is 0 Å². The van der Waals surface area contributed by atoms with Gasteiger partial charge in [0.25, 0.3) is 0 Å². The van der Waals surface area contributed by atoms with Gasteiger partial charge in [-0.1, -0.05) is 5.21 Å². The van der Waals surface area contributed by atoms with Crippen LogP contribution >= 0.6 is 0 Å². The van der Waals surface area contributed by atoms with E-state index in [0.717, 1.165) is 19.6 Å². The van der Waals surface area contributed by atoms with E-state index in [-0.39, 0.29) is 5.69 Å². The average Bonchev–Trinajstić information content (AvgIpc) is 2.66. The van der Waals surface area contributed by atoms with Gasteiger partial charge in [0, 0.05) is 13.1 Å². The second kappa shape index (κ2) is 4.61. The summed E-state index contributed by atoms with van der Waals surface area (Å²) in [6.45, 7) is 2.95. The van der Waals surface area contributed by atoms with Crippen LogP contribution in [0.4, 0.5) is 0 Å². The van der Waals surface area contributed by atoms with Gasteiger partial charge < -0.3 is 10.0 Å². The van der Waals surface area contributed by atoms with Gasteiger partial charge in [-0.05, 0) is 32.4 Å². The number of carbonyl (C=O) groups is 1. The quantitative estimate of drug-likeness (QED) is 0.800. The fraction of sp³-hybridized carbons (Fsp3) is 0.700. The van der Waals surface area contributed by atoms with E-state index in [0.29, 0.717) is 5.92 Å². The van der Waals surface area contributed by atoms with Gasteiger partial charge in [0.05, 0.1) is 6.20 Å². The number of piperidine rings is 1. The summed E-state index contributed by atoms with van der Waals surface area (Å²) in [5.74, 6) is -0.478. The van der Waals surface area contributed by atoms with Gasteiger partial charge in [0.1, 0.15) is 0 Å². The fourth-order valence-electron chi connectivity index (χ4n) is 2.17. The number of carboxylic acid groups (broad SMARTS) is 1. The van der Waals surface area contributed by atoms with E-state index in [4.69, 9.17) is 5.11 Å². The van der Waals surface area contributed by atoms with Gasteiger partial charge in [-0.15, -0.1) is 5.10 Å². The van der Waals surface area contributed by atoms with Crippen LogP contribution in [-0.4, -0.2) is 51.1 Å². The van der Waals surface area contributed by atoms with E-state index in [1.807, 2.05) is 0 Å². The minimum Gasteiger partial charge on any atom is -0.476 e. The van der Waals surface area contributed by atoms with Gasteiger partial charge in [-0.25, -0.2) is 4.79 Å². The molecule has 1 fully saturated rings. The highest BCUT2D eigenvalue weighted by Gasteiger charge is 2.18. The number of aromatic carboxylic acids is 1. The molecule has 0 amide bonds. The Balaban J connectivity index is 1.95. The van der Waals surface area contributed by atoms with Gasteiger partial charge >= 0.3 is 5.97 Å². The van der Waals surface area contributed by atoms with Crippen molar-refractivity contribution in [2.24, 2.45) is 5.92 Å². The summed E-state index contributed by atoms with van der Waals surface area (Å²) in [5.41, 5.74) is 0.0177. The molecule has 1 aromatic rings. The minimum absolute atomic E-state index is 0.0177. The lowest BCUT2D eigenvalue weighted by Gasteiger charge is -2.29. The standard InChI is InChI=1S/C10H16N4O2/c1-13-4-2-3-8(5-13)6-14-7-9(10(15)16)11-12-14/h7-8H,2-6H2,1H3,(H,15,16)/t8-/m1/s1. The molecular weight excluding hydrogens is 208 g/mol. The summed E-state index contributed by atoms with van der Waals surface area (Å²) in [6.07, 6.45) is 3.87. The molecule has 1 aliphatic heterocycles. The second-order valence-corrected chi connectivity index (χ2v) is 4.40. The molecule has 2 heterocycles. The van der Waals surface area contributed by atoms with E-state index in [2.05, 4.69) is 22.3 Å². The SMILES string of the molecule is CN1CCC[C@@H](Cn2cc(C(=O)O)nn2)C1. The molecule has 1 saturated heterocycles. The normalized spacial score (nSPS) is 22.2. The molecule has 1 aromatic heterocycles. The van der Waals surface area contributed by atoms with Crippen LogP contribution < -0.4 is 0 Å². The molecule has 0 spiro atoms. The van der Waals surface area contributed by atoms with Crippen LogP contribution in [0.15, 0.2) is 6.20 Å². The Kier molecular flexibility index (Phi) is 3.19. The molecule has 0 bridgehead atoms. The summed E-state index contributed by atoms with van der Waals surface area (Å²) >= 11 is 0. The van der Waals surface area contributed by atoms with Crippen molar-refractivity contribution >= 4 is 5.97 Å². The minimum atomic E-state index is -1.02. The fourth-order valence-corrected chi connectivity index (χ4v) is 2.17. The molecule has 0 saturated carbocycles. The zero-order valence-corrected chi connectivity index (χ0v) is 9.33. The van der Waals surface area contributed by atoms with Crippen molar-refractivity contribution in [3.63, 3.8) is 0 Å². The summed E-state index contributed by atoms with van der Waals surface area (Å²) < 4.78 is 1.63. The van der Waals surface area contributed by atoms with Crippen molar-refractivity contribution in [1.82, 2.24) is 19.9 Å². The smallest absolute Gasteiger partial charge is 0.358 e. The first-order valence-electron chi connectivity index (χ1n) is 5.47. The van der Waals surface area contributed by atoms with Crippen LogP contribution in [0, 0.1) is 5.92 Å². The Hall–Kier alpha value is -1.43. The van der Waals surface area contributed by atoms with Crippen molar-refractivity contribution in [2.75, 3.05) is 20.1 Å². The first kappa shape index (κ1) is 11.1. The molecule has 0 aliphatic carbocycles. The molecule has 1 N–H and O–H groups in total. The first-order valence-corrected chi connectivity index (χ1v) is 5.47. The highest BCUT2D eigenvalue weighted by atomic mass is 16.4. The van der Waals surface area contributed by atoms with Crippen molar-refractivity contribution in [2.45, 2.75) is 19.4 Å². The van der Waals surface area contributed by atoms with Crippen LogP contribution in [0.25, 0.3) is 0 Å². The Bertz CT molecular complexity index is 377. The van der Waals surface area contributed by atoms with Crippen molar-refractivity contribution in [3.8, 4) is 0 Å². The summed E-state index contributed by atoms with van der Waals surface area (Å²) in [6, 6.07) is 0. The maximum Gasteiger partial charge on any atom is 0.358 e. The number of nitrogens with zero attached hydrogens (tertiary/aromatic N) is 4. The third-order valence-electron chi connectivity index (χ3n) is 2.93. The van der Waals surface area contributed by atoms with E-state index < -0.39 is 5.97 Å². The molecule has 6 heteroatoms. The lowest BCUT2D eigenvalue weighted by atomic mass is 9.99. The zero-order valence-electron chi connectivity index (χ0n) is 9.33. The maximum atomic E-state index is 10.6. The zero-order chi connectivity index (χ0) is 11.5. The molecule has 1 atom stereocenters. The highest BCUT2D eigenvalue weighted by molar-refractivity contribution is 5.84. The van der Waals surface area contributed by atoms with Gasteiger partial charge in [0.15, 0.2) is 5.69 Å². The molecule has 2 rings (SSSR count). The number of hydrogen-bond acceptors (Lipinski definition) is 4. The summed E-state index contributed by atoms with van der Waals surface area (Å²) in [4.78, 5) is 12.9. The van der Waals surface area contributed by atoms with E-state index in [1.54, 1.807) is 4.68 Å². The molecule has 6 nitrogen and oxygen atoms in total. The molecule has 88 valence electrons. The Morgan fingerprint density at radius 1 is 1.69 bits per heavy atom. The lowest BCUT2D eigenvalue weighted by Crippen LogP contribution is -2.34. The highest BCUT2D eigenvalue weighted by Crippen LogP contribution is 2.16. The van der Waals surface area contributed by atoms with Crippen LogP contribution in [0.3, 0.4) is 0 Å². The molecular formula is C10H16N4O2.